The van der Waals surface area contributed by atoms with E-state index < -0.39 is 93.1 Å². The Balaban J connectivity index is 2.22. The minimum Gasteiger partial charge on any atom is -0.475 e. The Morgan fingerprint density at radius 3 is 2.23 bits per heavy atom. The summed E-state index contributed by atoms with van der Waals surface area (Å²) in [5.41, 5.74) is -2.89. The molecular formula is C17H15F8NO8S. The first-order chi connectivity index (χ1) is 15.7. The molecule has 198 valence electrons. The van der Waals surface area contributed by atoms with Gasteiger partial charge in [0.15, 0.2) is 0 Å². The fourth-order valence-corrected chi connectivity index (χ4v) is 3.49. The number of hydrogen-bond donors (Lipinski definition) is 0. The van der Waals surface area contributed by atoms with Gasteiger partial charge in [-0.2, -0.15) is 13.2 Å². The molecule has 0 fully saturated rings. The Kier molecular flexibility index (Phi) is 6.96. The van der Waals surface area contributed by atoms with Crippen molar-refractivity contribution in [3.8, 4) is 5.75 Å². The lowest BCUT2D eigenvalue weighted by atomic mass is 9.99. The van der Waals surface area contributed by atoms with Crippen molar-refractivity contribution < 1.29 is 66.3 Å². The van der Waals surface area contributed by atoms with Crippen molar-refractivity contribution in [2.75, 3.05) is 19.8 Å². The first-order valence-electron chi connectivity index (χ1n) is 9.13. The molecule has 0 saturated heterocycles. The Morgan fingerprint density at radius 2 is 1.69 bits per heavy atom. The third kappa shape index (κ3) is 7.59. The van der Waals surface area contributed by atoms with E-state index in [1.165, 1.54) is 0 Å². The summed E-state index contributed by atoms with van der Waals surface area (Å²) < 4.78 is 120. The molecule has 1 atom stereocenters. The number of carbonyl (C=O) groups is 2. The van der Waals surface area contributed by atoms with Crippen LogP contribution in [0.15, 0.2) is 22.6 Å². The monoisotopic (exact) mass is 545 g/mol. The van der Waals surface area contributed by atoms with Crippen LogP contribution >= 0.6 is 10.2 Å². The number of fused-ring (bicyclic) bond motifs is 1. The van der Waals surface area contributed by atoms with Crippen LogP contribution in [0.5, 0.6) is 5.75 Å². The van der Waals surface area contributed by atoms with Gasteiger partial charge in [-0.1, -0.05) is 19.4 Å². The fourth-order valence-electron chi connectivity index (χ4n) is 2.74. The van der Waals surface area contributed by atoms with Crippen molar-refractivity contribution in [2.24, 2.45) is 0 Å². The van der Waals surface area contributed by atoms with E-state index in [2.05, 4.69) is 19.0 Å². The lowest BCUT2D eigenvalue weighted by molar-refractivity contribution is -0.757. The number of esters is 2. The molecule has 1 aromatic rings. The Labute approximate surface area is 190 Å². The highest BCUT2D eigenvalue weighted by Gasteiger charge is 2.65. The van der Waals surface area contributed by atoms with Gasteiger partial charge in [-0.25, -0.2) is 4.79 Å². The first-order valence-corrected chi connectivity index (χ1v) is 11.1. The molecule has 0 amide bonds. The molecule has 0 N–H and O–H groups in total. The van der Waals surface area contributed by atoms with E-state index in [0.29, 0.717) is 6.08 Å². The molecule has 0 aliphatic carbocycles. The normalized spacial score (nSPS) is 17.6. The van der Waals surface area contributed by atoms with Crippen molar-refractivity contribution in [3.05, 3.63) is 38.9 Å². The fraction of sp³-hybridized carbons (Fsp3) is 0.412. The van der Waals surface area contributed by atoms with E-state index in [0.717, 1.165) is 6.92 Å². The third-order valence-electron chi connectivity index (χ3n) is 4.17. The van der Waals surface area contributed by atoms with Gasteiger partial charge < -0.3 is 19.0 Å². The maximum Gasteiger partial charge on any atom is 0.430 e. The summed E-state index contributed by atoms with van der Waals surface area (Å²) in [4.78, 5) is 34.9. The van der Waals surface area contributed by atoms with E-state index in [-0.39, 0.29) is 12.1 Å². The summed E-state index contributed by atoms with van der Waals surface area (Å²) in [6.07, 6.45) is -8.53. The summed E-state index contributed by atoms with van der Waals surface area (Å²) in [7, 11) is -10.2. The van der Waals surface area contributed by atoms with Crippen LogP contribution in [0.25, 0.3) is 6.08 Å². The molecule has 9 nitrogen and oxygen atoms in total. The maximum atomic E-state index is 13.4. The predicted molar refractivity (Wildman–Crippen MR) is 101 cm³/mol. The van der Waals surface area contributed by atoms with Crippen LogP contribution in [0.4, 0.5) is 32.6 Å². The zero-order chi connectivity index (χ0) is 26.9. The molecule has 0 aromatic heterocycles. The van der Waals surface area contributed by atoms with E-state index in [9.17, 15) is 52.3 Å². The second kappa shape index (κ2) is 8.72. The van der Waals surface area contributed by atoms with Crippen molar-refractivity contribution in [1.82, 2.24) is 0 Å². The van der Waals surface area contributed by atoms with Gasteiger partial charge in [0.1, 0.15) is 30.5 Å². The van der Waals surface area contributed by atoms with E-state index in [4.69, 9.17) is 0 Å². The smallest absolute Gasteiger partial charge is 0.430 e. The average Bonchev–Trinajstić information content (AvgIpc) is 2.67. The lowest BCUT2D eigenvalue weighted by Crippen LogP contribution is -2.41. The number of rotatable bonds is 9. The van der Waals surface area contributed by atoms with Crippen molar-refractivity contribution in [1.29, 1.82) is 0 Å². The Bertz CT molecular complexity index is 1070. The first kappa shape index (κ1) is 27.9. The summed E-state index contributed by atoms with van der Waals surface area (Å²) in [5, 5.41) is 8.77. The second-order valence-electron chi connectivity index (χ2n) is 6.93. The van der Waals surface area contributed by atoms with Crippen LogP contribution in [0.3, 0.4) is 0 Å². The Morgan fingerprint density at radius 1 is 1.09 bits per heavy atom. The van der Waals surface area contributed by atoms with Crippen LogP contribution in [0.2, 0.25) is 0 Å². The molecule has 0 radical (unpaired) electrons. The average molecular weight is 545 g/mol. The molecule has 1 aliphatic rings. The molecule has 0 spiro atoms. The van der Waals surface area contributed by atoms with Crippen LogP contribution in [0.1, 0.15) is 17.5 Å². The number of aryl methyl sites for hydroxylation is 1. The number of ether oxygens (including phenoxy) is 3. The third-order valence-corrected chi connectivity index (χ3v) is 5.29. The molecule has 1 heterocycles. The van der Waals surface area contributed by atoms with Gasteiger partial charge in [0.2, 0.25) is 6.10 Å². The maximum absolute atomic E-state index is 13.4. The largest absolute Gasteiger partial charge is 0.475 e. The summed E-state index contributed by atoms with van der Waals surface area (Å²) >= 11 is 0. The molecule has 2 rings (SSSR count). The minimum absolute atomic E-state index is 0.0595. The molecule has 18 heteroatoms. The topological polar surface area (TPSA) is 114 Å². The van der Waals surface area contributed by atoms with Crippen LogP contribution in [-0.4, -0.2) is 49.1 Å². The van der Waals surface area contributed by atoms with Crippen LogP contribution < -0.4 is 4.74 Å². The van der Waals surface area contributed by atoms with Crippen LogP contribution in [-0.2, 0) is 23.9 Å². The highest BCUT2D eigenvalue weighted by molar-refractivity contribution is 8.45. The van der Waals surface area contributed by atoms with Crippen molar-refractivity contribution >= 4 is 28.2 Å². The van der Waals surface area contributed by atoms with E-state index in [1.54, 1.807) is 0 Å². The van der Waals surface area contributed by atoms with Gasteiger partial charge in [-0.3, -0.25) is 4.79 Å². The van der Waals surface area contributed by atoms with Gasteiger partial charge in [0.05, 0.1) is 12.0 Å². The second-order valence-corrected chi connectivity index (χ2v) is 9.34. The quantitative estimate of drug-likeness (QED) is 0.139. The molecule has 1 aromatic carbocycles. The highest BCUT2D eigenvalue weighted by Crippen LogP contribution is 3.02. The zero-order valence-electron chi connectivity index (χ0n) is 17.3. The van der Waals surface area contributed by atoms with Gasteiger partial charge in [0.25, 0.3) is 5.09 Å². The summed E-state index contributed by atoms with van der Waals surface area (Å²) in [6.45, 7) is -1.34. The molecule has 35 heavy (non-hydrogen) atoms. The van der Waals surface area contributed by atoms with Gasteiger partial charge in [-0.15, -0.1) is 10.1 Å². The van der Waals surface area contributed by atoms with Gasteiger partial charge in [0, 0.05) is 5.56 Å². The molecule has 0 unspecified atom stereocenters. The highest BCUT2D eigenvalue weighted by atomic mass is 32.5. The molecule has 0 saturated carbocycles. The van der Waals surface area contributed by atoms with E-state index >= 15 is 0 Å². The Hall–Kier alpha value is -3.31. The summed E-state index contributed by atoms with van der Waals surface area (Å²) in [5.74, 6) is -3.56. The van der Waals surface area contributed by atoms with Crippen LogP contribution in [0, 0.1) is 17.0 Å². The van der Waals surface area contributed by atoms with Crippen molar-refractivity contribution in [2.45, 2.75) is 30.5 Å². The number of carbonyl (C=O) groups excluding carboxylic acids is 2. The number of benzene rings is 1. The molecular weight excluding hydrogens is 530 g/mol. The number of nitrogens with zero attached hydrogens (tertiary/aromatic N) is 1. The van der Waals surface area contributed by atoms with Gasteiger partial charge >= 0.3 is 28.3 Å². The summed E-state index contributed by atoms with van der Waals surface area (Å²) in [6, 6.07) is -0.200. The van der Waals surface area contributed by atoms with E-state index in [1.807, 2.05) is 0 Å². The SMILES string of the molecule is Cc1cc(S(F)(F)(F)(F)F)cc2c1O[C@H](C(F)(F)F)C(C(=O)OCCOC(=O)CCO[N+](=O)[O-])=C2. The predicted octanol–water partition coefficient (Wildman–Crippen LogP) is 5.04. The van der Waals surface area contributed by atoms with Crippen molar-refractivity contribution in [3.63, 3.8) is 0 Å². The minimum atomic E-state index is -10.2. The number of halogens is 8. The standard InChI is InChI=1S/C17H15F8NO8S/c1-9-6-11(35(21,22,23,24)25)7-10-8-12(15(17(18,19)20)34-14(9)10)16(28)32-5-4-31-13(27)2-3-33-26(29)30/h6-8,15H,2-5H2,1H3/t15-/m0/s1. The molecule has 1 aliphatic heterocycles. The number of alkyl halides is 3. The zero-order valence-corrected chi connectivity index (χ0v) is 18.1. The molecule has 0 bridgehead atoms. The lowest BCUT2D eigenvalue weighted by Gasteiger charge is -2.41. The number of hydrogen-bond acceptors (Lipinski definition) is 8. The van der Waals surface area contributed by atoms with Gasteiger partial charge in [-0.05, 0) is 30.7 Å².